The van der Waals surface area contributed by atoms with E-state index in [1.807, 2.05) is 25.8 Å². The summed E-state index contributed by atoms with van der Waals surface area (Å²) in [7, 11) is 1.88. The number of amides is 1. The van der Waals surface area contributed by atoms with Crippen molar-refractivity contribution < 1.29 is 19.5 Å². The molecule has 21 heavy (non-hydrogen) atoms. The van der Waals surface area contributed by atoms with Crippen molar-refractivity contribution in [3.8, 4) is 0 Å². The molecule has 7 heteroatoms. The SMILES string of the molecule is CC(C)C(C=O)CN(C)CCNC(=O)C(N)CCC(=O)O. The van der Waals surface area contributed by atoms with Crippen LogP contribution in [-0.2, 0) is 14.4 Å². The largest absolute Gasteiger partial charge is 0.481 e. The van der Waals surface area contributed by atoms with Crippen LogP contribution in [0.1, 0.15) is 26.7 Å². The molecule has 0 fully saturated rings. The number of carboxylic acids is 1. The summed E-state index contributed by atoms with van der Waals surface area (Å²) >= 11 is 0. The lowest BCUT2D eigenvalue weighted by molar-refractivity contribution is -0.137. The Morgan fingerprint density at radius 3 is 2.48 bits per heavy atom. The van der Waals surface area contributed by atoms with Crippen molar-refractivity contribution in [3.05, 3.63) is 0 Å². The number of aldehydes is 1. The number of likely N-dealkylation sites (N-methyl/N-ethyl adjacent to an activating group) is 1. The van der Waals surface area contributed by atoms with Crippen molar-refractivity contribution in [1.82, 2.24) is 10.2 Å². The quantitative estimate of drug-likeness (QED) is 0.452. The molecule has 0 heterocycles. The molecule has 122 valence electrons. The van der Waals surface area contributed by atoms with Crippen LogP contribution < -0.4 is 11.1 Å². The number of rotatable bonds is 11. The first kappa shape index (κ1) is 19.5. The van der Waals surface area contributed by atoms with Gasteiger partial charge < -0.3 is 25.9 Å². The second kappa shape index (κ2) is 10.3. The fourth-order valence-electron chi connectivity index (χ4n) is 1.77. The highest BCUT2D eigenvalue weighted by atomic mass is 16.4. The molecule has 0 aliphatic carbocycles. The number of carboxylic acid groups (broad SMARTS) is 1. The van der Waals surface area contributed by atoms with Gasteiger partial charge in [0.15, 0.2) is 0 Å². The number of hydrogen-bond donors (Lipinski definition) is 3. The zero-order valence-corrected chi connectivity index (χ0v) is 13.0. The first-order valence-electron chi connectivity index (χ1n) is 7.16. The summed E-state index contributed by atoms with van der Waals surface area (Å²) in [4.78, 5) is 34.9. The summed E-state index contributed by atoms with van der Waals surface area (Å²) in [5.74, 6) is -1.06. The summed E-state index contributed by atoms with van der Waals surface area (Å²) in [6.07, 6.45) is 0.961. The van der Waals surface area contributed by atoms with Gasteiger partial charge in [0.1, 0.15) is 6.29 Å². The first-order chi connectivity index (χ1) is 9.77. The van der Waals surface area contributed by atoms with Gasteiger partial charge in [-0.05, 0) is 19.4 Å². The van der Waals surface area contributed by atoms with Crippen LogP contribution in [0.4, 0.5) is 0 Å². The fourth-order valence-corrected chi connectivity index (χ4v) is 1.77. The Hall–Kier alpha value is -1.47. The van der Waals surface area contributed by atoms with Gasteiger partial charge in [-0.2, -0.15) is 0 Å². The Morgan fingerprint density at radius 1 is 1.38 bits per heavy atom. The van der Waals surface area contributed by atoms with Crippen LogP contribution in [0.25, 0.3) is 0 Å². The molecular weight excluding hydrogens is 274 g/mol. The molecule has 7 nitrogen and oxygen atoms in total. The summed E-state index contributed by atoms with van der Waals surface area (Å²) in [5.41, 5.74) is 5.59. The predicted octanol–water partition coefficient (Wildman–Crippen LogP) is -0.302. The van der Waals surface area contributed by atoms with Crippen molar-refractivity contribution in [2.45, 2.75) is 32.7 Å². The van der Waals surface area contributed by atoms with E-state index >= 15 is 0 Å². The molecule has 2 unspecified atom stereocenters. The number of carbonyl (C=O) groups excluding carboxylic acids is 2. The lowest BCUT2D eigenvalue weighted by Gasteiger charge is -2.23. The van der Waals surface area contributed by atoms with Crippen LogP contribution in [-0.4, -0.2) is 60.9 Å². The van der Waals surface area contributed by atoms with E-state index in [4.69, 9.17) is 10.8 Å². The van der Waals surface area contributed by atoms with Crippen molar-refractivity contribution in [2.24, 2.45) is 17.6 Å². The number of nitrogens with zero attached hydrogens (tertiary/aromatic N) is 1. The number of nitrogens with two attached hydrogens (primary N) is 1. The molecule has 0 rings (SSSR count). The lowest BCUT2D eigenvalue weighted by atomic mass is 9.97. The zero-order chi connectivity index (χ0) is 16.4. The molecule has 0 bridgehead atoms. The minimum atomic E-state index is -0.966. The molecule has 4 N–H and O–H groups in total. The number of aliphatic carboxylic acids is 1. The molecule has 0 radical (unpaired) electrons. The second-order valence-electron chi connectivity index (χ2n) is 5.64. The van der Waals surface area contributed by atoms with E-state index in [2.05, 4.69) is 5.32 Å². The average Bonchev–Trinajstić information content (AvgIpc) is 2.41. The highest BCUT2D eigenvalue weighted by molar-refractivity contribution is 5.82. The number of carbonyl (C=O) groups is 3. The molecule has 1 amide bonds. The van der Waals surface area contributed by atoms with Crippen LogP contribution >= 0.6 is 0 Å². The monoisotopic (exact) mass is 301 g/mol. The van der Waals surface area contributed by atoms with E-state index in [9.17, 15) is 14.4 Å². The van der Waals surface area contributed by atoms with E-state index in [1.54, 1.807) is 0 Å². The van der Waals surface area contributed by atoms with Crippen molar-refractivity contribution in [1.29, 1.82) is 0 Å². The Kier molecular flexibility index (Phi) is 9.56. The van der Waals surface area contributed by atoms with E-state index in [1.165, 1.54) is 0 Å². The highest BCUT2D eigenvalue weighted by Crippen LogP contribution is 2.08. The molecule has 0 aromatic rings. The minimum Gasteiger partial charge on any atom is -0.481 e. The van der Waals surface area contributed by atoms with E-state index in [0.29, 0.717) is 19.6 Å². The lowest BCUT2D eigenvalue weighted by Crippen LogP contribution is -2.44. The van der Waals surface area contributed by atoms with Gasteiger partial charge in [0.2, 0.25) is 5.91 Å². The van der Waals surface area contributed by atoms with Gasteiger partial charge in [0.25, 0.3) is 0 Å². The summed E-state index contributed by atoms with van der Waals surface area (Å²) < 4.78 is 0. The van der Waals surface area contributed by atoms with Crippen molar-refractivity contribution in [2.75, 3.05) is 26.7 Å². The van der Waals surface area contributed by atoms with Crippen LogP contribution in [0.3, 0.4) is 0 Å². The minimum absolute atomic E-state index is 0.0245. The van der Waals surface area contributed by atoms with Gasteiger partial charge in [-0.25, -0.2) is 0 Å². The third-order valence-corrected chi connectivity index (χ3v) is 3.35. The van der Waals surface area contributed by atoms with Gasteiger partial charge in [-0.1, -0.05) is 13.8 Å². The van der Waals surface area contributed by atoms with Crippen LogP contribution in [0, 0.1) is 11.8 Å². The summed E-state index contributed by atoms with van der Waals surface area (Å²) in [5, 5.41) is 11.2. The van der Waals surface area contributed by atoms with Crippen LogP contribution in [0.2, 0.25) is 0 Å². The third kappa shape index (κ3) is 9.14. The van der Waals surface area contributed by atoms with Crippen LogP contribution in [0.15, 0.2) is 0 Å². The van der Waals surface area contributed by atoms with Gasteiger partial charge in [-0.3, -0.25) is 9.59 Å². The fraction of sp³-hybridized carbons (Fsp3) is 0.786. The third-order valence-electron chi connectivity index (χ3n) is 3.35. The Bertz CT molecular complexity index is 347. The Morgan fingerprint density at radius 2 is 2.00 bits per heavy atom. The van der Waals surface area contributed by atoms with Gasteiger partial charge in [-0.15, -0.1) is 0 Å². The molecule has 0 saturated carbocycles. The van der Waals surface area contributed by atoms with Crippen molar-refractivity contribution in [3.63, 3.8) is 0 Å². The normalized spacial score (nSPS) is 14.0. The first-order valence-corrected chi connectivity index (χ1v) is 7.16. The standard InChI is InChI=1S/C14H27N3O4/c1-10(2)11(9-18)8-17(3)7-6-16-14(21)12(15)4-5-13(19)20/h9-12H,4-8,15H2,1-3H3,(H,16,21)(H,19,20). The van der Waals surface area contributed by atoms with E-state index in [0.717, 1.165) is 6.29 Å². The van der Waals surface area contributed by atoms with Gasteiger partial charge in [0.05, 0.1) is 6.04 Å². The summed E-state index contributed by atoms with van der Waals surface area (Å²) in [6.45, 7) is 5.66. The molecule has 0 aromatic heterocycles. The zero-order valence-electron chi connectivity index (χ0n) is 13.0. The number of nitrogens with one attached hydrogen (secondary N) is 1. The Labute approximate surface area is 125 Å². The van der Waals surface area contributed by atoms with Crippen molar-refractivity contribution >= 4 is 18.2 Å². The molecule has 0 spiro atoms. The van der Waals surface area contributed by atoms with E-state index in [-0.39, 0.29) is 30.6 Å². The molecule has 0 saturated heterocycles. The van der Waals surface area contributed by atoms with Crippen LogP contribution in [0.5, 0.6) is 0 Å². The smallest absolute Gasteiger partial charge is 0.303 e. The molecule has 2 atom stereocenters. The number of hydrogen-bond acceptors (Lipinski definition) is 5. The van der Waals surface area contributed by atoms with E-state index < -0.39 is 12.0 Å². The second-order valence-corrected chi connectivity index (χ2v) is 5.64. The molecule has 0 aromatic carbocycles. The maximum atomic E-state index is 11.6. The van der Waals surface area contributed by atoms with Gasteiger partial charge in [0, 0.05) is 32.0 Å². The molecule has 0 aliphatic rings. The predicted molar refractivity (Wildman–Crippen MR) is 79.7 cm³/mol. The maximum Gasteiger partial charge on any atom is 0.303 e. The summed E-state index contributed by atoms with van der Waals surface area (Å²) in [6, 6.07) is -0.801. The highest BCUT2D eigenvalue weighted by Gasteiger charge is 2.16. The maximum absolute atomic E-state index is 11.6. The Balaban J connectivity index is 3.93. The molecule has 0 aliphatic heterocycles. The average molecular weight is 301 g/mol. The molecular formula is C14H27N3O4. The topological polar surface area (TPSA) is 113 Å². The van der Waals surface area contributed by atoms with Gasteiger partial charge >= 0.3 is 5.97 Å².